The summed E-state index contributed by atoms with van der Waals surface area (Å²) in [7, 11) is 0. The van der Waals surface area contributed by atoms with Crippen LogP contribution in [0.5, 0.6) is 11.5 Å². The Kier molecular flexibility index (Phi) is 6.90. The van der Waals surface area contributed by atoms with Gasteiger partial charge in [0, 0.05) is 6.54 Å². The molecule has 1 aliphatic rings. The van der Waals surface area contributed by atoms with Gasteiger partial charge in [-0.3, -0.25) is 14.4 Å². The number of fused-ring (bicyclic) bond motifs is 1. The van der Waals surface area contributed by atoms with Gasteiger partial charge in [-0.2, -0.15) is 0 Å². The number of hydrogen-bond acceptors (Lipinski definition) is 6. The number of para-hydroxylation sites is 4. The number of anilines is 2. The molecule has 0 unspecified atom stereocenters. The van der Waals surface area contributed by atoms with Crippen molar-refractivity contribution < 1.29 is 28.6 Å². The molecule has 0 fully saturated rings. The first-order chi connectivity index (χ1) is 14.5. The first kappa shape index (κ1) is 21.2. The second-order valence-electron chi connectivity index (χ2n) is 6.60. The molecule has 8 nitrogen and oxygen atoms in total. The Morgan fingerprint density at radius 3 is 2.70 bits per heavy atom. The van der Waals surface area contributed by atoms with Crippen LogP contribution in [-0.4, -0.2) is 43.6 Å². The third-order valence-electron chi connectivity index (χ3n) is 4.47. The summed E-state index contributed by atoms with van der Waals surface area (Å²) >= 11 is 0. The number of esters is 1. The van der Waals surface area contributed by atoms with Gasteiger partial charge in [0.1, 0.15) is 11.5 Å². The van der Waals surface area contributed by atoms with E-state index in [1.807, 2.05) is 13.0 Å². The Balaban J connectivity index is 1.54. The van der Waals surface area contributed by atoms with Crippen LogP contribution in [0.2, 0.25) is 0 Å². The van der Waals surface area contributed by atoms with Crippen LogP contribution in [0.4, 0.5) is 11.4 Å². The van der Waals surface area contributed by atoms with Crippen LogP contribution in [0.15, 0.2) is 48.5 Å². The van der Waals surface area contributed by atoms with Crippen molar-refractivity contribution in [2.75, 3.05) is 30.0 Å². The summed E-state index contributed by atoms with van der Waals surface area (Å²) in [5.41, 5.74) is 1.11. The summed E-state index contributed by atoms with van der Waals surface area (Å²) in [5.74, 6) is -0.154. The third-order valence-corrected chi connectivity index (χ3v) is 4.47. The zero-order valence-electron chi connectivity index (χ0n) is 16.9. The molecule has 1 N–H and O–H groups in total. The van der Waals surface area contributed by atoms with Gasteiger partial charge in [0.05, 0.1) is 24.4 Å². The quantitative estimate of drug-likeness (QED) is 0.670. The molecular weight excluding hydrogens is 388 g/mol. The van der Waals surface area contributed by atoms with Gasteiger partial charge < -0.3 is 24.4 Å². The zero-order chi connectivity index (χ0) is 21.5. The maximum Gasteiger partial charge on any atom is 0.308 e. The summed E-state index contributed by atoms with van der Waals surface area (Å²) in [6.45, 7) is 3.86. The highest BCUT2D eigenvalue weighted by atomic mass is 16.5. The molecular formula is C22H24N2O6. The lowest BCUT2D eigenvalue weighted by atomic mass is 10.2. The van der Waals surface area contributed by atoms with Crippen LogP contribution >= 0.6 is 0 Å². The Morgan fingerprint density at radius 2 is 1.90 bits per heavy atom. The molecule has 0 bridgehead atoms. The van der Waals surface area contributed by atoms with E-state index in [1.54, 1.807) is 42.5 Å². The Morgan fingerprint density at radius 1 is 1.17 bits per heavy atom. The van der Waals surface area contributed by atoms with Gasteiger partial charge in [0.15, 0.2) is 12.7 Å². The van der Waals surface area contributed by atoms with Gasteiger partial charge in [-0.05, 0) is 38.1 Å². The molecule has 1 atom stereocenters. The van der Waals surface area contributed by atoms with Crippen molar-refractivity contribution in [3.63, 3.8) is 0 Å². The van der Waals surface area contributed by atoms with Crippen molar-refractivity contribution in [2.45, 2.75) is 26.4 Å². The van der Waals surface area contributed by atoms with Gasteiger partial charge in [0.25, 0.3) is 11.8 Å². The van der Waals surface area contributed by atoms with Crippen LogP contribution in [0.3, 0.4) is 0 Å². The fourth-order valence-electron chi connectivity index (χ4n) is 3.00. The lowest BCUT2D eigenvalue weighted by Crippen LogP contribution is -2.40. The van der Waals surface area contributed by atoms with Crippen molar-refractivity contribution in [3.8, 4) is 11.5 Å². The fraction of sp³-hybridized carbons (Fsp3) is 0.318. The molecule has 30 heavy (non-hydrogen) atoms. The van der Waals surface area contributed by atoms with Crippen molar-refractivity contribution in [2.24, 2.45) is 0 Å². The number of carbonyl (C=O) groups excluding carboxylic acids is 3. The summed E-state index contributed by atoms with van der Waals surface area (Å²) in [6, 6.07) is 14.1. The molecule has 0 spiro atoms. The van der Waals surface area contributed by atoms with Gasteiger partial charge in [-0.1, -0.05) is 24.3 Å². The minimum Gasteiger partial charge on any atom is -0.492 e. The van der Waals surface area contributed by atoms with Gasteiger partial charge in [-0.15, -0.1) is 0 Å². The van der Waals surface area contributed by atoms with Crippen LogP contribution in [0.1, 0.15) is 20.3 Å². The van der Waals surface area contributed by atoms with Gasteiger partial charge in [-0.25, -0.2) is 0 Å². The SMILES string of the molecule is CCOc1ccccc1NC(=O)[C@H](C)OC(=O)CCN1C(=O)COc2ccccc21. The molecule has 2 amide bonds. The monoisotopic (exact) mass is 412 g/mol. The van der Waals surface area contributed by atoms with E-state index >= 15 is 0 Å². The first-order valence-corrected chi connectivity index (χ1v) is 9.74. The molecule has 2 aromatic carbocycles. The number of hydrogen-bond donors (Lipinski definition) is 1. The van der Waals surface area contributed by atoms with Crippen LogP contribution in [0, 0.1) is 0 Å². The Hall–Kier alpha value is -3.55. The molecule has 2 aromatic rings. The second kappa shape index (κ2) is 9.78. The van der Waals surface area contributed by atoms with E-state index < -0.39 is 18.0 Å². The first-order valence-electron chi connectivity index (χ1n) is 9.74. The topological polar surface area (TPSA) is 94.2 Å². The normalized spacial score (nSPS) is 13.7. The van der Waals surface area contributed by atoms with Crippen LogP contribution in [0.25, 0.3) is 0 Å². The zero-order valence-corrected chi connectivity index (χ0v) is 16.9. The molecule has 3 rings (SSSR count). The predicted octanol–water partition coefficient (Wildman–Crippen LogP) is 2.77. The Bertz CT molecular complexity index is 929. The molecule has 1 aliphatic heterocycles. The van der Waals surface area contributed by atoms with E-state index in [4.69, 9.17) is 14.2 Å². The maximum atomic E-state index is 12.4. The van der Waals surface area contributed by atoms with Gasteiger partial charge >= 0.3 is 5.97 Å². The minimum absolute atomic E-state index is 0.0484. The highest BCUT2D eigenvalue weighted by Gasteiger charge is 2.26. The summed E-state index contributed by atoms with van der Waals surface area (Å²) < 4.78 is 16.1. The number of benzene rings is 2. The van der Waals surface area contributed by atoms with E-state index in [0.717, 1.165) is 0 Å². The lowest BCUT2D eigenvalue weighted by Gasteiger charge is -2.29. The number of amides is 2. The number of nitrogens with one attached hydrogen (secondary N) is 1. The van der Waals surface area contributed by atoms with Crippen molar-refractivity contribution >= 4 is 29.2 Å². The Labute approximate surface area is 174 Å². The standard InChI is InChI=1S/C22H24N2O6/c1-3-28-18-10-6-4-8-16(18)23-22(27)15(2)30-21(26)12-13-24-17-9-5-7-11-19(17)29-14-20(24)25/h4-11,15H,3,12-14H2,1-2H3,(H,23,27)/t15-/m0/s1. The maximum absolute atomic E-state index is 12.4. The number of carbonyl (C=O) groups is 3. The lowest BCUT2D eigenvalue weighted by molar-refractivity contribution is -0.153. The number of ether oxygens (including phenoxy) is 3. The molecule has 1 heterocycles. The van der Waals surface area contributed by atoms with Crippen molar-refractivity contribution in [3.05, 3.63) is 48.5 Å². The predicted molar refractivity (Wildman–Crippen MR) is 111 cm³/mol. The number of nitrogens with zero attached hydrogens (tertiary/aromatic N) is 1. The van der Waals surface area contributed by atoms with E-state index in [0.29, 0.717) is 29.5 Å². The molecule has 0 saturated heterocycles. The van der Waals surface area contributed by atoms with E-state index in [-0.39, 0.29) is 25.5 Å². The number of rotatable bonds is 8. The smallest absolute Gasteiger partial charge is 0.308 e. The molecule has 0 aromatic heterocycles. The average Bonchev–Trinajstić information content (AvgIpc) is 2.74. The van der Waals surface area contributed by atoms with Crippen molar-refractivity contribution in [1.82, 2.24) is 0 Å². The van der Waals surface area contributed by atoms with Crippen LogP contribution < -0.4 is 19.7 Å². The highest BCUT2D eigenvalue weighted by Crippen LogP contribution is 2.31. The van der Waals surface area contributed by atoms with Crippen LogP contribution in [-0.2, 0) is 19.1 Å². The van der Waals surface area contributed by atoms with E-state index in [9.17, 15) is 14.4 Å². The fourth-order valence-corrected chi connectivity index (χ4v) is 3.00. The molecule has 8 heteroatoms. The molecule has 158 valence electrons. The molecule has 0 saturated carbocycles. The van der Waals surface area contributed by atoms with E-state index in [2.05, 4.69) is 5.32 Å². The van der Waals surface area contributed by atoms with E-state index in [1.165, 1.54) is 11.8 Å². The summed E-state index contributed by atoms with van der Waals surface area (Å²) in [4.78, 5) is 38.3. The van der Waals surface area contributed by atoms with Gasteiger partial charge in [0.2, 0.25) is 0 Å². The summed E-state index contributed by atoms with van der Waals surface area (Å²) in [6.07, 6.45) is -1.05. The molecule has 0 radical (unpaired) electrons. The second-order valence-corrected chi connectivity index (χ2v) is 6.60. The average molecular weight is 412 g/mol. The summed E-state index contributed by atoms with van der Waals surface area (Å²) in [5, 5.41) is 2.70. The third kappa shape index (κ3) is 5.08. The minimum atomic E-state index is -1.00. The highest BCUT2D eigenvalue weighted by molar-refractivity contribution is 5.98. The molecule has 0 aliphatic carbocycles. The largest absolute Gasteiger partial charge is 0.492 e. The van der Waals surface area contributed by atoms with Crippen molar-refractivity contribution in [1.29, 1.82) is 0 Å².